The molecule has 6 N–H and O–H groups in total. The molecule has 0 amide bonds. The van der Waals surface area contributed by atoms with Gasteiger partial charge in [-0.1, -0.05) is 31.6 Å². The molecule has 2 heterocycles. The highest BCUT2D eigenvalue weighted by atomic mass is 16.7. The van der Waals surface area contributed by atoms with Gasteiger partial charge in [0.05, 0.1) is 18.8 Å². The summed E-state index contributed by atoms with van der Waals surface area (Å²) in [6.07, 6.45) is -8.25. The summed E-state index contributed by atoms with van der Waals surface area (Å²) in [7, 11) is 0. The Bertz CT molecular complexity index is 827. The second-order valence-electron chi connectivity index (χ2n) is 10.8. The van der Waals surface area contributed by atoms with Gasteiger partial charge in [0.2, 0.25) is 0 Å². The largest absolute Gasteiger partial charge is 0.388 e. The van der Waals surface area contributed by atoms with Gasteiger partial charge in [-0.05, 0) is 32.3 Å². The maximum absolute atomic E-state index is 11.9. The number of aliphatic hydroxyl groups excluding tert-OH is 6. The standard InChI is InChI=1S/C25H40O11/c1-11-8-14(26)9-25(4,5)15(11)7-6-12(2)34-24-22(32)20(30)18(28)16(36-24)10-33-23-21(31)19(29)17(27)13(3)35-23/h6-8,12-13,15-24,27-32H,9-10H2,1-5H3/b7-6+/t12-,13-,15-,16+,17-,18+,19+,20+,21+,22+,23+,24+/m0/s1. The lowest BCUT2D eigenvalue weighted by Gasteiger charge is -2.42. The van der Waals surface area contributed by atoms with Crippen LogP contribution in [0.2, 0.25) is 0 Å². The van der Waals surface area contributed by atoms with E-state index in [4.69, 9.17) is 18.9 Å². The van der Waals surface area contributed by atoms with Gasteiger partial charge in [-0.2, -0.15) is 0 Å². The molecule has 0 aromatic rings. The molecule has 2 aliphatic heterocycles. The Hall–Kier alpha value is -1.25. The molecule has 11 heteroatoms. The monoisotopic (exact) mass is 516 g/mol. The molecule has 2 fully saturated rings. The molecule has 0 bridgehead atoms. The average molecular weight is 517 g/mol. The Morgan fingerprint density at radius 2 is 1.61 bits per heavy atom. The van der Waals surface area contributed by atoms with E-state index in [0.29, 0.717) is 6.42 Å². The van der Waals surface area contributed by atoms with Crippen LogP contribution in [0.3, 0.4) is 0 Å². The fourth-order valence-corrected chi connectivity index (χ4v) is 5.01. The van der Waals surface area contributed by atoms with Gasteiger partial charge in [0, 0.05) is 12.3 Å². The molecule has 0 radical (unpaired) electrons. The first-order valence-electron chi connectivity index (χ1n) is 12.3. The van der Waals surface area contributed by atoms with Crippen molar-refractivity contribution < 1.29 is 54.4 Å². The topological polar surface area (TPSA) is 175 Å². The lowest BCUT2D eigenvalue weighted by atomic mass is 9.68. The molecule has 36 heavy (non-hydrogen) atoms. The summed E-state index contributed by atoms with van der Waals surface area (Å²) in [6, 6.07) is 0. The third-order valence-corrected chi connectivity index (χ3v) is 7.18. The highest BCUT2D eigenvalue weighted by Gasteiger charge is 2.47. The smallest absolute Gasteiger partial charge is 0.187 e. The van der Waals surface area contributed by atoms with Gasteiger partial charge in [0.1, 0.15) is 42.7 Å². The summed E-state index contributed by atoms with van der Waals surface area (Å²) in [5.41, 5.74) is 0.686. The fourth-order valence-electron chi connectivity index (χ4n) is 5.01. The number of carbonyl (C=O) groups is 1. The van der Waals surface area contributed by atoms with E-state index in [1.165, 1.54) is 6.92 Å². The van der Waals surface area contributed by atoms with Gasteiger partial charge < -0.3 is 49.6 Å². The van der Waals surface area contributed by atoms with E-state index in [1.54, 1.807) is 19.1 Å². The fraction of sp³-hybridized carbons (Fsp3) is 0.800. The third-order valence-electron chi connectivity index (χ3n) is 7.18. The van der Waals surface area contributed by atoms with Gasteiger partial charge >= 0.3 is 0 Å². The lowest BCUT2D eigenvalue weighted by molar-refractivity contribution is -0.330. The normalized spacial score (nSPS) is 44.5. The average Bonchev–Trinajstić information content (AvgIpc) is 2.78. The number of carbonyl (C=O) groups excluding carboxylic acids is 1. The molecule has 0 unspecified atom stereocenters. The molecule has 2 saturated heterocycles. The number of aliphatic hydroxyl groups is 6. The van der Waals surface area contributed by atoms with Crippen LogP contribution in [0.4, 0.5) is 0 Å². The van der Waals surface area contributed by atoms with Crippen molar-refractivity contribution in [1.29, 1.82) is 0 Å². The highest BCUT2D eigenvalue weighted by Crippen LogP contribution is 2.40. The van der Waals surface area contributed by atoms with Crippen molar-refractivity contribution >= 4 is 5.78 Å². The predicted molar refractivity (Wildman–Crippen MR) is 125 cm³/mol. The SMILES string of the molecule is CC1=CC(=O)CC(C)(C)[C@H]1/C=C/[C@H](C)O[C@@H]1O[C@H](CO[C@@H]2O[C@@H](C)[C@H](O)[C@@H](O)[C@H]2O)[C@@H](O)[C@@H](O)[C@H]1O. The number of allylic oxidation sites excluding steroid dienone is 3. The third kappa shape index (κ3) is 6.41. The van der Waals surface area contributed by atoms with Crippen molar-refractivity contribution in [3.8, 4) is 0 Å². The zero-order valence-corrected chi connectivity index (χ0v) is 21.3. The summed E-state index contributed by atoms with van der Waals surface area (Å²) in [5, 5.41) is 61.0. The highest BCUT2D eigenvalue weighted by molar-refractivity contribution is 5.92. The zero-order valence-electron chi connectivity index (χ0n) is 21.3. The van der Waals surface area contributed by atoms with Crippen LogP contribution in [-0.2, 0) is 23.7 Å². The summed E-state index contributed by atoms with van der Waals surface area (Å²) in [4.78, 5) is 11.9. The summed E-state index contributed by atoms with van der Waals surface area (Å²) >= 11 is 0. The molecule has 3 aliphatic rings. The molecular weight excluding hydrogens is 476 g/mol. The molecule has 1 aliphatic carbocycles. The van der Waals surface area contributed by atoms with Gasteiger partial charge in [0.25, 0.3) is 0 Å². The van der Waals surface area contributed by atoms with Crippen LogP contribution >= 0.6 is 0 Å². The van der Waals surface area contributed by atoms with Gasteiger partial charge in [0.15, 0.2) is 18.4 Å². The Balaban J connectivity index is 1.61. The van der Waals surface area contributed by atoms with Crippen LogP contribution in [0, 0.1) is 11.3 Å². The Labute approximate surface area is 210 Å². The van der Waals surface area contributed by atoms with Crippen LogP contribution in [0.5, 0.6) is 0 Å². The molecule has 206 valence electrons. The summed E-state index contributed by atoms with van der Waals surface area (Å²) in [6.45, 7) is 8.82. The van der Waals surface area contributed by atoms with Crippen molar-refractivity contribution in [1.82, 2.24) is 0 Å². The Morgan fingerprint density at radius 1 is 1.00 bits per heavy atom. The van der Waals surface area contributed by atoms with Gasteiger partial charge in [-0.15, -0.1) is 0 Å². The minimum absolute atomic E-state index is 0.0187. The number of ether oxygens (including phenoxy) is 4. The molecule has 11 nitrogen and oxygen atoms in total. The van der Waals surface area contributed by atoms with Crippen molar-refractivity contribution in [2.75, 3.05) is 6.61 Å². The molecule has 3 rings (SSSR count). The predicted octanol–water partition coefficient (Wildman–Crippen LogP) is -0.839. The Kier molecular flexibility index (Phi) is 9.48. The van der Waals surface area contributed by atoms with Crippen LogP contribution in [-0.4, -0.2) is 111 Å². The van der Waals surface area contributed by atoms with Crippen molar-refractivity contribution in [3.63, 3.8) is 0 Å². The molecule has 12 atom stereocenters. The second-order valence-corrected chi connectivity index (χ2v) is 10.8. The van der Waals surface area contributed by atoms with Crippen molar-refractivity contribution in [2.24, 2.45) is 11.3 Å². The number of ketones is 1. The van der Waals surface area contributed by atoms with Crippen molar-refractivity contribution in [2.45, 2.75) is 109 Å². The first-order valence-corrected chi connectivity index (χ1v) is 12.3. The Morgan fingerprint density at radius 3 is 2.25 bits per heavy atom. The first kappa shape index (κ1) is 29.3. The number of hydrogen-bond donors (Lipinski definition) is 6. The maximum Gasteiger partial charge on any atom is 0.187 e. The summed E-state index contributed by atoms with van der Waals surface area (Å²) in [5.74, 6) is 0.113. The van der Waals surface area contributed by atoms with E-state index < -0.39 is 67.5 Å². The zero-order chi connectivity index (χ0) is 26.9. The van der Waals surface area contributed by atoms with E-state index in [1.807, 2.05) is 26.8 Å². The van der Waals surface area contributed by atoms with Gasteiger partial charge in [-0.25, -0.2) is 0 Å². The first-order chi connectivity index (χ1) is 16.7. The van der Waals surface area contributed by atoms with E-state index in [-0.39, 0.29) is 23.7 Å². The molecule has 0 aromatic carbocycles. The van der Waals surface area contributed by atoms with E-state index >= 15 is 0 Å². The quantitative estimate of drug-likeness (QED) is 0.233. The van der Waals surface area contributed by atoms with E-state index in [0.717, 1.165) is 5.57 Å². The molecular formula is C25H40O11. The van der Waals surface area contributed by atoms with Crippen LogP contribution in [0.1, 0.15) is 41.0 Å². The molecule has 0 spiro atoms. The maximum atomic E-state index is 11.9. The second kappa shape index (κ2) is 11.6. The van der Waals surface area contributed by atoms with Crippen molar-refractivity contribution in [3.05, 3.63) is 23.8 Å². The number of hydrogen-bond acceptors (Lipinski definition) is 11. The molecule has 0 aromatic heterocycles. The number of rotatable bonds is 7. The van der Waals surface area contributed by atoms with Crippen LogP contribution in [0.25, 0.3) is 0 Å². The summed E-state index contributed by atoms with van der Waals surface area (Å²) < 4.78 is 22.3. The lowest BCUT2D eigenvalue weighted by Crippen LogP contribution is -2.61. The minimum Gasteiger partial charge on any atom is -0.388 e. The van der Waals surface area contributed by atoms with E-state index in [9.17, 15) is 35.4 Å². The molecule has 0 saturated carbocycles. The van der Waals surface area contributed by atoms with Crippen LogP contribution in [0.15, 0.2) is 23.8 Å². The minimum atomic E-state index is -1.59. The van der Waals surface area contributed by atoms with E-state index in [2.05, 4.69) is 0 Å². The van der Waals surface area contributed by atoms with Crippen LogP contribution < -0.4 is 0 Å². The van der Waals surface area contributed by atoms with Gasteiger partial charge in [-0.3, -0.25) is 4.79 Å².